The standard InChI is InChI=1S/C35H35BrN2O6S/c1-6-8-26-31(34(40)43-7-2)32(25-19-24(36)14-16-27(25)41-4)38-33(39)30(45-35(38)37-26)18-23-13-15-28(29(17-23)42-5)44-20-22-11-9-21(3)10-12-22/h9-19,32H,6-8,20H2,1-5H3/b30-18+/t32-/m0/s1. The van der Waals surface area contributed by atoms with Gasteiger partial charge < -0.3 is 18.9 Å². The molecule has 2 heterocycles. The number of ether oxygens (including phenoxy) is 4. The molecule has 0 aliphatic carbocycles. The van der Waals surface area contributed by atoms with Gasteiger partial charge in [0.15, 0.2) is 16.3 Å². The molecule has 1 aliphatic rings. The van der Waals surface area contributed by atoms with Crippen LogP contribution in [0.15, 0.2) is 86.2 Å². The van der Waals surface area contributed by atoms with E-state index in [0.29, 0.717) is 56.4 Å². The fraction of sp³-hybridized carbons (Fsp3) is 0.286. The molecule has 234 valence electrons. The van der Waals surface area contributed by atoms with Gasteiger partial charge in [-0.1, -0.05) is 76.5 Å². The molecule has 0 N–H and O–H groups in total. The number of fused-ring (bicyclic) bond motifs is 1. The molecule has 0 radical (unpaired) electrons. The Hall–Kier alpha value is -4.15. The second kappa shape index (κ2) is 14.3. The number of halogens is 1. The average molecular weight is 692 g/mol. The van der Waals surface area contributed by atoms with Crippen LogP contribution in [-0.4, -0.2) is 31.4 Å². The molecule has 8 nitrogen and oxygen atoms in total. The van der Waals surface area contributed by atoms with E-state index < -0.39 is 12.0 Å². The zero-order chi connectivity index (χ0) is 32.1. The number of benzene rings is 3. The van der Waals surface area contributed by atoms with Crippen molar-refractivity contribution in [2.24, 2.45) is 4.99 Å². The zero-order valence-corrected chi connectivity index (χ0v) is 28.3. The molecule has 3 aromatic carbocycles. The summed E-state index contributed by atoms with van der Waals surface area (Å²) in [6, 6.07) is 18.5. The molecule has 0 amide bonds. The molecule has 10 heteroatoms. The molecule has 5 rings (SSSR count). The molecule has 45 heavy (non-hydrogen) atoms. The van der Waals surface area contributed by atoms with E-state index in [1.165, 1.54) is 16.9 Å². The van der Waals surface area contributed by atoms with Crippen LogP contribution >= 0.6 is 27.3 Å². The summed E-state index contributed by atoms with van der Waals surface area (Å²) < 4.78 is 25.7. The molecule has 0 bridgehead atoms. The number of rotatable bonds is 11. The lowest BCUT2D eigenvalue weighted by Crippen LogP contribution is -2.40. The predicted molar refractivity (Wildman–Crippen MR) is 179 cm³/mol. The van der Waals surface area contributed by atoms with Gasteiger partial charge in [-0.15, -0.1) is 0 Å². The number of thiazole rings is 1. The normalized spacial score (nSPS) is 14.5. The topological polar surface area (TPSA) is 88.4 Å². The lowest BCUT2D eigenvalue weighted by molar-refractivity contribution is -0.139. The van der Waals surface area contributed by atoms with Crippen molar-refractivity contribution in [2.75, 3.05) is 20.8 Å². The summed E-state index contributed by atoms with van der Waals surface area (Å²) in [6.45, 7) is 6.42. The fourth-order valence-electron chi connectivity index (χ4n) is 5.22. The van der Waals surface area contributed by atoms with Gasteiger partial charge in [0.05, 0.1) is 36.6 Å². The van der Waals surface area contributed by atoms with Crippen LogP contribution in [0.1, 0.15) is 55.0 Å². The molecule has 1 aliphatic heterocycles. The molecule has 0 spiro atoms. The Balaban J connectivity index is 1.61. The van der Waals surface area contributed by atoms with Crippen molar-refractivity contribution in [3.8, 4) is 17.2 Å². The number of nitrogens with zero attached hydrogens (tertiary/aromatic N) is 2. The minimum Gasteiger partial charge on any atom is -0.496 e. The van der Waals surface area contributed by atoms with Crippen LogP contribution in [0, 0.1) is 6.92 Å². The molecule has 0 unspecified atom stereocenters. The van der Waals surface area contributed by atoms with Gasteiger partial charge in [-0.2, -0.15) is 0 Å². The molecule has 0 saturated heterocycles. The highest BCUT2D eigenvalue weighted by Gasteiger charge is 2.36. The highest BCUT2D eigenvalue weighted by atomic mass is 79.9. The first-order valence-electron chi connectivity index (χ1n) is 14.7. The highest BCUT2D eigenvalue weighted by molar-refractivity contribution is 9.10. The lowest BCUT2D eigenvalue weighted by Gasteiger charge is -2.27. The Kier molecular flexibility index (Phi) is 10.2. The number of hydrogen-bond acceptors (Lipinski definition) is 8. The van der Waals surface area contributed by atoms with Crippen molar-refractivity contribution in [1.29, 1.82) is 0 Å². The van der Waals surface area contributed by atoms with E-state index in [2.05, 4.69) is 15.9 Å². The number of allylic oxidation sites excluding steroid dienone is 1. The largest absolute Gasteiger partial charge is 0.496 e. The summed E-state index contributed by atoms with van der Waals surface area (Å²) >= 11 is 4.83. The lowest BCUT2D eigenvalue weighted by atomic mass is 9.93. The third-order valence-electron chi connectivity index (χ3n) is 7.38. The van der Waals surface area contributed by atoms with Crippen molar-refractivity contribution < 1.29 is 23.7 Å². The third kappa shape index (κ3) is 6.92. The molecule has 0 saturated carbocycles. The second-order valence-electron chi connectivity index (χ2n) is 10.5. The van der Waals surface area contributed by atoms with Gasteiger partial charge in [0.2, 0.25) is 0 Å². The molecular formula is C35H35BrN2O6S. The number of aryl methyl sites for hydroxylation is 1. The van der Waals surface area contributed by atoms with Crippen molar-refractivity contribution in [2.45, 2.75) is 46.3 Å². The number of carbonyl (C=O) groups is 1. The Morgan fingerprint density at radius 3 is 2.42 bits per heavy atom. The minimum absolute atomic E-state index is 0.195. The van der Waals surface area contributed by atoms with Gasteiger partial charge in [-0.3, -0.25) is 9.36 Å². The third-order valence-corrected chi connectivity index (χ3v) is 8.86. The summed E-state index contributed by atoms with van der Waals surface area (Å²) in [7, 11) is 3.15. The van der Waals surface area contributed by atoms with Gasteiger partial charge in [0.1, 0.15) is 18.4 Å². The summed E-state index contributed by atoms with van der Waals surface area (Å²) in [5.41, 5.74) is 4.32. The van der Waals surface area contributed by atoms with E-state index in [1.807, 2.05) is 74.5 Å². The monoisotopic (exact) mass is 690 g/mol. The smallest absolute Gasteiger partial charge is 0.338 e. The van der Waals surface area contributed by atoms with E-state index in [-0.39, 0.29) is 12.2 Å². The second-order valence-corrected chi connectivity index (χ2v) is 12.4. The van der Waals surface area contributed by atoms with Crippen LogP contribution in [0.5, 0.6) is 17.2 Å². The number of methoxy groups -OCH3 is 2. The maximum atomic E-state index is 14.2. The van der Waals surface area contributed by atoms with E-state index in [0.717, 1.165) is 22.0 Å². The number of hydrogen-bond donors (Lipinski definition) is 0. The van der Waals surface area contributed by atoms with Crippen LogP contribution < -0.4 is 29.1 Å². The maximum Gasteiger partial charge on any atom is 0.338 e. The molecule has 1 atom stereocenters. The van der Waals surface area contributed by atoms with Crippen molar-refractivity contribution >= 4 is 39.3 Å². The summed E-state index contributed by atoms with van der Waals surface area (Å²) in [4.78, 5) is 33.0. The first-order valence-corrected chi connectivity index (χ1v) is 16.3. The van der Waals surface area contributed by atoms with E-state index in [1.54, 1.807) is 31.8 Å². The van der Waals surface area contributed by atoms with Gasteiger partial charge in [-0.05, 0) is 67.8 Å². The van der Waals surface area contributed by atoms with Crippen LogP contribution in [0.2, 0.25) is 0 Å². The Morgan fingerprint density at radius 2 is 1.73 bits per heavy atom. The molecule has 1 aromatic heterocycles. The van der Waals surface area contributed by atoms with Crippen LogP contribution in [0.3, 0.4) is 0 Å². The minimum atomic E-state index is -0.788. The average Bonchev–Trinajstić information content (AvgIpc) is 3.34. The van der Waals surface area contributed by atoms with Crippen LogP contribution in [0.4, 0.5) is 0 Å². The fourth-order valence-corrected chi connectivity index (χ4v) is 6.62. The van der Waals surface area contributed by atoms with E-state index in [4.69, 9.17) is 23.9 Å². The SMILES string of the molecule is CCCC1=C(C(=O)OCC)[C@H](c2cc(Br)ccc2OC)n2c(s/c(=C/c3ccc(OCc4ccc(C)cc4)c(OC)c3)c2=O)=N1. The number of esters is 1. The van der Waals surface area contributed by atoms with Gasteiger partial charge >= 0.3 is 5.97 Å². The van der Waals surface area contributed by atoms with Crippen LogP contribution in [-0.2, 0) is 16.1 Å². The summed E-state index contributed by atoms with van der Waals surface area (Å²) in [5.74, 6) is 1.19. The van der Waals surface area contributed by atoms with E-state index >= 15 is 0 Å². The quantitative estimate of drug-likeness (QED) is 0.173. The zero-order valence-electron chi connectivity index (χ0n) is 25.9. The van der Waals surface area contributed by atoms with Crippen molar-refractivity contribution in [1.82, 2.24) is 4.57 Å². The Labute approximate surface area is 274 Å². The predicted octanol–water partition coefficient (Wildman–Crippen LogP) is 6.25. The van der Waals surface area contributed by atoms with Crippen molar-refractivity contribution in [3.05, 3.63) is 118 Å². The highest BCUT2D eigenvalue weighted by Crippen LogP contribution is 2.38. The van der Waals surface area contributed by atoms with Gasteiger partial charge in [0.25, 0.3) is 5.56 Å². The Bertz CT molecular complexity index is 1930. The summed E-state index contributed by atoms with van der Waals surface area (Å²) in [6.07, 6.45) is 3.11. The first kappa shape index (κ1) is 32.2. The molecular weight excluding hydrogens is 656 g/mol. The first-order chi connectivity index (χ1) is 21.8. The number of carbonyl (C=O) groups excluding carboxylic acids is 1. The van der Waals surface area contributed by atoms with E-state index in [9.17, 15) is 9.59 Å². The number of aromatic nitrogens is 1. The van der Waals surface area contributed by atoms with Gasteiger partial charge in [-0.25, -0.2) is 9.79 Å². The molecule has 4 aromatic rings. The molecule has 0 fully saturated rings. The van der Waals surface area contributed by atoms with Crippen LogP contribution in [0.25, 0.3) is 6.08 Å². The van der Waals surface area contributed by atoms with Gasteiger partial charge in [0, 0.05) is 10.0 Å². The Morgan fingerprint density at radius 1 is 1.00 bits per heavy atom. The van der Waals surface area contributed by atoms with Crippen molar-refractivity contribution in [3.63, 3.8) is 0 Å². The summed E-state index contributed by atoms with van der Waals surface area (Å²) in [5, 5.41) is 0. The maximum absolute atomic E-state index is 14.2.